The molecule has 7 nitrogen and oxygen atoms in total. The van der Waals surface area contributed by atoms with Gasteiger partial charge in [-0.2, -0.15) is 0 Å². The van der Waals surface area contributed by atoms with Crippen LogP contribution >= 0.6 is 0 Å². The average molecular weight is 352 g/mol. The Labute approximate surface area is 147 Å². The minimum atomic E-state index is -0.546. The van der Waals surface area contributed by atoms with Crippen molar-refractivity contribution in [2.75, 3.05) is 32.0 Å². The zero-order valence-corrected chi connectivity index (χ0v) is 14.8. The zero-order valence-electron chi connectivity index (χ0n) is 14.8. The first-order valence-corrected chi connectivity index (χ1v) is 8.08. The zero-order chi connectivity index (χ0) is 18.8. The van der Waals surface area contributed by atoms with Crippen LogP contribution < -0.4 is 16.0 Å². The minimum absolute atomic E-state index is 0.0419. The number of nitrogens with zero attached hydrogens (tertiary/aromatic N) is 1. The number of likely N-dealkylation sites (N-methyl/N-ethyl adjacent to an activating group) is 1. The highest BCUT2D eigenvalue weighted by molar-refractivity contribution is 5.96. The lowest BCUT2D eigenvalue weighted by atomic mass is 10.1. The molecule has 8 heteroatoms. The van der Waals surface area contributed by atoms with Crippen molar-refractivity contribution in [1.82, 2.24) is 15.5 Å². The number of rotatable bonds is 8. The summed E-state index contributed by atoms with van der Waals surface area (Å²) in [5.41, 5.74) is 0.466. The molecule has 0 aliphatic carbocycles. The van der Waals surface area contributed by atoms with Gasteiger partial charge in [-0.15, -0.1) is 0 Å². The molecule has 4 amide bonds. The van der Waals surface area contributed by atoms with Crippen LogP contribution in [0.4, 0.5) is 14.9 Å². The van der Waals surface area contributed by atoms with E-state index in [0.717, 1.165) is 6.42 Å². The molecule has 1 aromatic carbocycles. The summed E-state index contributed by atoms with van der Waals surface area (Å²) in [5, 5.41) is 7.40. The van der Waals surface area contributed by atoms with E-state index in [-0.39, 0.29) is 19.0 Å². The fraction of sp³-hybridized carbons (Fsp3) is 0.471. The first kappa shape index (κ1) is 20.6. The molecule has 0 aromatic heterocycles. The molecular formula is C17H25FN4O3. The van der Waals surface area contributed by atoms with E-state index in [1.54, 1.807) is 7.05 Å². The molecule has 0 spiro atoms. The van der Waals surface area contributed by atoms with Gasteiger partial charge < -0.3 is 10.6 Å². The molecule has 138 valence electrons. The van der Waals surface area contributed by atoms with Crippen molar-refractivity contribution in [3.8, 4) is 0 Å². The fourth-order valence-electron chi connectivity index (χ4n) is 1.96. The summed E-state index contributed by atoms with van der Waals surface area (Å²) < 4.78 is 12.8. The van der Waals surface area contributed by atoms with E-state index in [1.165, 1.54) is 29.2 Å². The number of halogens is 1. The lowest BCUT2D eigenvalue weighted by molar-refractivity contribution is -0.122. The van der Waals surface area contributed by atoms with Crippen LogP contribution in [0.5, 0.6) is 0 Å². The van der Waals surface area contributed by atoms with Crippen molar-refractivity contribution in [2.24, 2.45) is 5.92 Å². The van der Waals surface area contributed by atoms with Crippen LogP contribution in [0.3, 0.4) is 0 Å². The van der Waals surface area contributed by atoms with Gasteiger partial charge in [0.05, 0.1) is 13.1 Å². The second-order valence-electron chi connectivity index (χ2n) is 6.21. The summed E-state index contributed by atoms with van der Waals surface area (Å²) in [7, 11) is 1.58. The molecule has 0 bridgehead atoms. The number of amides is 4. The summed E-state index contributed by atoms with van der Waals surface area (Å²) in [5.74, 6) is -0.775. The van der Waals surface area contributed by atoms with Crippen LogP contribution in [-0.2, 0) is 9.59 Å². The molecule has 0 radical (unpaired) electrons. The molecular weight excluding hydrogens is 327 g/mol. The summed E-state index contributed by atoms with van der Waals surface area (Å²) in [6, 6.07) is 4.83. The van der Waals surface area contributed by atoms with Crippen LogP contribution in [0.1, 0.15) is 20.3 Å². The quantitative estimate of drug-likeness (QED) is 0.662. The molecule has 0 saturated heterocycles. The largest absolute Gasteiger partial charge is 0.338 e. The van der Waals surface area contributed by atoms with Crippen LogP contribution in [-0.4, -0.2) is 49.4 Å². The van der Waals surface area contributed by atoms with Gasteiger partial charge >= 0.3 is 6.03 Å². The summed E-state index contributed by atoms with van der Waals surface area (Å²) in [6.45, 7) is 4.42. The Balaban J connectivity index is 2.28. The van der Waals surface area contributed by atoms with Gasteiger partial charge in [0.25, 0.3) is 0 Å². The Morgan fingerprint density at radius 3 is 2.28 bits per heavy atom. The molecule has 0 aliphatic rings. The second kappa shape index (κ2) is 10.4. The van der Waals surface area contributed by atoms with E-state index in [4.69, 9.17) is 0 Å². The number of carbonyl (C=O) groups excluding carboxylic acids is 3. The molecule has 1 rings (SSSR count). The number of imide groups is 1. The average Bonchev–Trinajstić information content (AvgIpc) is 2.48. The number of urea groups is 1. The van der Waals surface area contributed by atoms with Crippen LogP contribution in [0.15, 0.2) is 24.3 Å². The van der Waals surface area contributed by atoms with Crippen LogP contribution in [0.2, 0.25) is 0 Å². The van der Waals surface area contributed by atoms with Gasteiger partial charge in [0, 0.05) is 12.2 Å². The summed E-state index contributed by atoms with van der Waals surface area (Å²) >= 11 is 0. The van der Waals surface area contributed by atoms with Crippen molar-refractivity contribution < 1.29 is 18.8 Å². The Kier molecular flexibility index (Phi) is 8.55. The molecule has 0 saturated carbocycles. The lowest BCUT2D eigenvalue weighted by Gasteiger charge is -2.16. The van der Waals surface area contributed by atoms with Crippen molar-refractivity contribution >= 4 is 23.5 Å². The van der Waals surface area contributed by atoms with Crippen molar-refractivity contribution in [2.45, 2.75) is 20.3 Å². The molecule has 25 heavy (non-hydrogen) atoms. The Morgan fingerprint density at radius 1 is 1.08 bits per heavy atom. The third-order valence-electron chi connectivity index (χ3n) is 3.22. The molecule has 1 aromatic rings. The maximum absolute atomic E-state index is 12.8. The highest BCUT2D eigenvalue weighted by Crippen LogP contribution is 2.07. The van der Waals surface area contributed by atoms with Gasteiger partial charge in [-0.05, 0) is 43.7 Å². The van der Waals surface area contributed by atoms with Gasteiger partial charge in [0.2, 0.25) is 11.8 Å². The highest BCUT2D eigenvalue weighted by atomic mass is 19.1. The maximum Gasteiger partial charge on any atom is 0.321 e. The Morgan fingerprint density at radius 2 is 1.68 bits per heavy atom. The van der Waals surface area contributed by atoms with E-state index in [1.807, 2.05) is 13.8 Å². The molecule has 0 fully saturated rings. The maximum atomic E-state index is 12.8. The van der Waals surface area contributed by atoms with Crippen LogP contribution in [0, 0.1) is 11.7 Å². The fourth-order valence-corrected chi connectivity index (χ4v) is 1.96. The van der Waals surface area contributed by atoms with Gasteiger partial charge in [-0.3, -0.25) is 19.8 Å². The number of hydrogen-bond donors (Lipinski definition) is 3. The van der Waals surface area contributed by atoms with Gasteiger partial charge in [0.1, 0.15) is 5.82 Å². The van der Waals surface area contributed by atoms with Gasteiger partial charge in [-0.25, -0.2) is 9.18 Å². The lowest BCUT2D eigenvalue weighted by Crippen LogP contribution is -2.45. The smallest absolute Gasteiger partial charge is 0.321 e. The SMILES string of the molecule is CC(C)CCNC(=O)NC(=O)CN(C)CC(=O)Nc1ccc(F)cc1. The summed E-state index contributed by atoms with van der Waals surface area (Å²) in [6.07, 6.45) is 0.824. The third kappa shape index (κ3) is 9.41. The molecule has 3 N–H and O–H groups in total. The first-order valence-electron chi connectivity index (χ1n) is 8.08. The molecule has 0 aliphatic heterocycles. The number of carbonyl (C=O) groups is 3. The predicted molar refractivity (Wildman–Crippen MR) is 93.5 cm³/mol. The predicted octanol–water partition coefficient (Wildman–Crippen LogP) is 1.57. The van der Waals surface area contributed by atoms with E-state index in [0.29, 0.717) is 18.2 Å². The standard InChI is InChI=1S/C17H25FN4O3/c1-12(2)8-9-19-17(25)21-16(24)11-22(3)10-15(23)20-14-6-4-13(18)5-7-14/h4-7,12H,8-11H2,1-3H3,(H,20,23)(H2,19,21,24,25). The van der Waals surface area contributed by atoms with E-state index < -0.39 is 17.8 Å². The van der Waals surface area contributed by atoms with E-state index in [9.17, 15) is 18.8 Å². The molecule has 0 heterocycles. The number of nitrogens with one attached hydrogen (secondary N) is 3. The van der Waals surface area contributed by atoms with Gasteiger partial charge in [-0.1, -0.05) is 13.8 Å². The van der Waals surface area contributed by atoms with Crippen molar-refractivity contribution in [3.63, 3.8) is 0 Å². The van der Waals surface area contributed by atoms with Gasteiger partial charge in [0.15, 0.2) is 0 Å². The molecule has 0 unspecified atom stereocenters. The highest BCUT2D eigenvalue weighted by Gasteiger charge is 2.13. The second-order valence-corrected chi connectivity index (χ2v) is 6.21. The number of hydrogen-bond acceptors (Lipinski definition) is 4. The minimum Gasteiger partial charge on any atom is -0.338 e. The van der Waals surface area contributed by atoms with Crippen molar-refractivity contribution in [3.05, 3.63) is 30.1 Å². The summed E-state index contributed by atoms with van der Waals surface area (Å²) in [4.78, 5) is 36.6. The van der Waals surface area contributed by atoms with Crippen molar-refractivity contribution in [1.29, 1.82) is 0 Å². The Hall–Kier alpha value is -2.48. The molecule has 0 atom stereocenters. The number of benzene rings is 1. The number of anilines is 1. The van der Waals surface area contributed by atoms with E-state index in [2.05, 4.69) is 16.0 Å². The normalized spacial score (nSPS) is 10.6. The topological polar surface area (TPSA) is 90.5 Å². The first-order chi connectivity index (χ1) is 11.8. The van der Waals surface area contributed by atoms with Crippen LogP contribution in [0.25, 0.3) is 0 Å². The Bertz CT molecular complexity index is 590. The third-order valence-corrected chi connectivity index (χ3v) is 3.22. The monoisotopic (exact) mass is 352 g/mol. The van der Waals surface area contributed by atoms with E-state index >= 15 is 0 Å².